The fourth-order valence-electron chi connectivity index (χ4n) is 4.64. The highest BCUT2D eigenvalue weighted by atomic mass is 16.3. The lowest BCUT2D eigenvalue weighted by Gasteiger charge is -2.11. The molecule has 0 saturated carbocycles. The molecule has 158 valence electrons. The molecular weight excluding hydrogens is 410 g/mol. The maximum absolute atomic E-state index is 5.97. The van der Waals surface area contributed by atoms with Crippen LogP contribution in [-0.2, 0) is 0 Å². The fourth-order valence-corrected chi connectivity index (χ4v) is 4.64. The van der Waals surface area contributed by atoms with Crippen molar-refractivity contribution < 1.29 is 8.83 Å². The molecule has 5 nitrogen and oxygen atoms in total. The fraction of sp³-hybridized carbons (Fsp3) is 0.0714. The summed E-state index contributed by atoms with van der Waals surface area (Å²) in [4.78, 5) is 0. The van der Waals surface area contributed by atoms with Crippen molar-refractivity contribution in [1.29, 1.82) is 0 Å². The Morgan fingerprint density at radius 1 is 0.667 bits per heavy atom. The van der Waals surface area contributed by atoms with Crippen LogP contribution >= 0.6 is 0 Å². The number of rotatable bonds is 3. The SMILES string of the molecule is CC(c1ccc2oc3ccccc3c2c1)n1cc(-c2ccc3oc4ccccc4c3c2)nn1. The normalized spacial score (nSPS) is 12.9. The van der Waals surface area contributed by atoms with Crippen LogP contribution in [-0.4, -0.2) is 15.0 Å². The number of aromatic nitrogens is 3. The van der Waals surface area contributed by atoms with Gasteiger partial charge in [-0.25, -0.2) is 4.68 Å². The van der Waals surface area contributed by atoms with Gasteiger partial charge in [-0.15, -0.1) is 5.10 Å². The Morgan fingerprint density at radius 2 is 1.27 bits per heavy atom. The van der Waals surface area contributed by atoms with E-state index >= 15 is 0 Å². The molecule has 0 fully saturated rings. The summed E-state index contributed by atoms with van der Waals surface area (Å²) in [7, 11) is 0. The Balaban J connectivity index is 1.27. The number of benzene rings is 4. The van der Waals surface area contributed by atoms with Crippen molar-refractivity contribution in [3.8, 4) is 11.3 Å². The molecule has 33 heavy (non-hydrogen) atoms. The van der Waals surface area contributed by atoms with Crippen molar-refractivity contribution in [3.05, 3.63) is 96.7 Å². The number of nitrogens with zero attached hydrogens (tertiary/aromatic N) is 3. The molecule has 0 spiro atoms. The van der Waals surface area contributed by atoms with Crippen molar-refractivity contribution in [1.82, 2.24) is 15.0 Å². The lowest BCUT2D eigenvalue weighted by molar-refractivity contribution is 0.543. The molecule has 0 bridgehead atoms. The molecule has 0 saturated heterocycles. The van der Waals surface area contributed by atoms with Crippen LogP contribution in [0.1, 0.15) is 18.5 Å². The second-order valence-corrected chi connectivity index (χ2v) is 8.42. The van der Waals surface area contributed by atoms with E-state index < -0.39 is 0 Å². The van der Waals surface area contributed by atoms with Gasteiger partial charge in [-0.1, -0.05) is 47.7 Å². The largest absolute Gasteiger partial charge is 0.456 e. The molecule has 3 heterocycles. The van der Waals surface area contributed by atoms with Crippen LogP contribution in [0.15, 0.2) is 100.0 Å². The Morgan fingerprint density at radius 3 is 2.00 bits per heavy atom. The molecule has 5 heteroatoms. The average Bonchev–Trinajstić information content (AvgIpc) is 3.58. The van der Waals surface area contributed by atoms with E-state index in [4.69, 9.17) is 8.83 Å². The van der Waals surface area contributed by atoms with Gasteiger partial charge in [0.05, 0.1) is 12.2 Å². The van der Waals surface area contributed by atoms with Crippen molar-refractivity contribution >= 4 is 43.9 Å². The maximum Gasteiger partial charge on any atom is 0.135 e. The van der Waals surface area contributed by atoms with Gasteiger partial charge in [-0.3, -0.25) is 0 Å². The van der Waals surface area contributed by atoms with E-state index in [0.29, 0.717) is 0 Å². The van der Waals surface area contributed by atoms with E-state index in [0.717, 1.165) is 60.7 Å². The summed E-state index contributed by atoms with van der Waals surface area (Å²) in [6.07, 6.45) is 2.01. The number of fused-ring (bicyclic) bond motifs is 6. The molecule has 4 aromatic carbocycles. The third-order valence-corrected chi connectivity index (χ3v) is 6.46. The molecule has 1 unspecified atom stereocenters. The molecule has 7 rings (SSSR count). The van der Waals surface area contributed by atoms with Gasteiger partial charge in [0.1, 0.15) is 28.0 Å². The Hall–Kier alpha value is -4.38. The minimum absolute atomic E-state index is 0.0304. The second-order valence-electron chi connectivity index (χ2n) is 8.42. The zero-order valence-corrected chi connectivity index (χ0v) is 17.9. The van der Waals surface area contributed by atoms with Crippen molar-refractivity contribution in [2.24, 2.45) is 0 Å². The Bertz CT molecular complexity index is 1800. The van der Waals surface area contributed by atoms with Gasteiger partial charge in [-0.05, 0) is 55.0 Å². The first-order valence-electron chi connectivity index (χ1n) is 11.0. The standard InChI is InChI=1S/C28H19N3O2/c1-17(18-10-12-27-22(14-18)20-6-2-4-8-25(20)32-27)31-16-24(29-30-31)19-11-13-28-23(15-19)21-7-3-5-9-26(21)33-28/h2-17H,1H3. The summed E-state index contributed by atoms with van der Waals surface area (Å²) >= 11 is 0. The van der Waals surface area contributed by atoms with Gasteiger partial charge >= 0.3 is 0 Å². The number of hydrogen-bond acceptors (Lipinski definition) is 4. The molecule has 1 atom stereocenters. The highest BCUT2D eigenvalue weighted by Gasteiger charge is 2.15. The van der Waals surface area contributed by atoms with Gasteiger partial charge < -0.3 is 8.83 Å². The summed E-state index contributed by atoms with van der Waals surface area (Å²) in [5.41, 5.74) is 6.58. The van der Waals surface area contributed by atoms with Crippen LogP contribution in [0, 0.1) is 0 Å². The van der Waals surface area contributed by atoms with Crippen LogP contribution in [0.25, 0.3) is 55.1 Å². The third-order valence-electron chi connectivity index (χ3n) is 6.46. The minimum Gasteiger partial charge on any atom is -0.456 e. The molecule has 0 aliphatic rings. The zero-order chi connectivity index (χ0) is 21.9. The molecule has 3 aromatic heterocycles. The lowest BCUT2D eigenvalue weighted by atomic mass is 10.0. The van der Waals surface area contributed by atoms with E-state index in [1.165, 1.54) is 0 Å². The van der Waals surface area contributed by atoms with Gasteiger partial charge in [-0.2, -0.15) is 0 Å². The van der Waals surface area contributed by atoms with Crippen molar-refractivity contribution in [2.45, 2.75) is 13.0 Å². The monoisotopic (exact) mass is 429 g/mol. The van der Waals surface area contributed by atoms with E-state index in [-0.39, 0.29) is 6.04 Å². The topological polar surface area (TPSA) is 57.0 Å². The van der Waals surface area contributed by atoms with Crippen molar-refractivity contribution in [2.75, 3.05) is 0 Å². The quantitative estimate of drug-likeness (QED) is 0.295. The summed E-state index contributed by atoms with van der Waals surface area (Å²) in [5.74, 6) is 0. The smallest absolute Gasteiger partial charge is 0.135 e. The lowest BCUT2D eigenvalue weighted by Crippen LogP contribution is -2.07. The zero-order valence-electron chi connectivity index (χ0n) is 17.9. The maximum atomic E-state index is 5.97. The first kappa shape index (κ1) is 18.2. The summed E-state index contributed by atoms with van der Waals surface area (Å²) < 4.78 is 13.8. The predicted octanol–water partition coefficient (Wildman–Crippen LogP) is 7.35. The molecule has 0 N–H and O–H groups in total. The third kappa shape index (κ3) is 2.79. The molecule has 0 radical (unpaired) electrons. The van der Waals surface area contributed by atoms with Crippen LogP contribution in [0.4, 0.5) is 0 Å². The van der Waals surface area contributed by atoms with E-state index in [9.17, 15) is 0 Å². The molecular formula is C28H19N3O2. The number of hydrogen-bond donors (Lipinski definition) is 0. The summed E-state index contributed by atoms with van der Waals surface area (Å²) in [5, 5.41) is 13.4. The molecule has 0 aliphatic heterocycles. The Labute approximate surface area is 188 Å². The molecule has 0 amide bonds. The van der Waals surface area contributed by atoms with Crippen LogP contribution in [0.5, 0.6) is 0 Å². The van der Waals surface area contributed by atoms with Gasteiger partial charge in [0.15, 0.2) is 0 Å². The first-order chi connectivity index (χ1) is 16.2. The van der Waals surface area contributed by atoms with Crippen molar-refractivity contribution in [3.63, 3.8) is 0 Å². The van der Waals surface area contributed by atoms with Crippen LogP contribution in [0.2, 0.25) is 0 Å². The first-order valence-corrected chi connectivity index (χ1v) is 11.0. The number of para-hydroxylation sites is 2. The van der Waals surface area contributed by atoms with Crippen LogP contribution < -0.4 is 0 Å². The predicted molar refractivity (Wildman–Crippen MR) is 130 cm³/mol. The van der Waals surface area contributed by atoms with E-state index in [2.05, 4.69) is 47.6 Å². The Kier molecular flexibility index (Phi) is 3.76. The molecule has 7 aromatic rings. The van der Waals surface area contributed by atoms with Gasteiger partial charge in [0.25, 0.3) is 0 Å². The minimum atomic E-state index is 0.0304. The summed E-state index contributed by atoms with van der Waals surface area (Å²) in [6.45, 7) is 2.13. The van der Waals surface area contributed by atoms with E-state index in [1.807, 2.05) is 65.5 Å². The van der Waals surface area contributed by atoms with Crippen LogP contribution in [0.3, 0.4) is 0 Å². The summed E-state index contributed by atoms with van der Waals surface area (Å²) in [6, 6.07) is 28.8. The average molecular weight is 429 g/mol. The van der Waals surface area contributed by atoms with E-state index in [1.54, 1.807) is 0 Å². The van der Waals surface area contributed by atoms with Gasteiger partial charge in [0, 0.05) is 27.1 Å². The van der Waals surface area contributed by atoms with Gasteiger partial charge in [0.2, 0.25) is 0 Å². The second kappa shape index (κ2) is 6.81. The molecule has 0 aliphatic carbocycles. The number of furan rings is 2. The highest BCUT2D eigenvalue weighted by molar-refractivity contribution is 6.06. The highest BCUT2D eigenvalue weighted by Crippen LogP contribution is 2.33.